The minimum atomic E-state index is -0.716. The molecule has 4 rings (SSSR count). The summed E-state index contributed by atoms with van der Waals surface area (Å²) in [5.74, 6) is -0.723. The van der Waals surface area contributed by atoms with Gasteiger partial charge < -0.3 is 33.2 Å². The van der Waals surface area contributed by atoms with Gasteiger partial charge in [0, 0.05) is 28.7 Å². The van der Waals surface area contributed by atoms with Crippen LogP contribution in [0.15, 0.2) is 24.3 Å². The van der Waals surface area contributed by atoms with Gasteiger partial charge in [0.1, 0.15) is 0 Å². The maximum absolute atomic E-state index is 13.3. The molecule has 1 N–H and O–H groups in total. The van der Waals surface area contributed by atoms with Gasteiger partial charge >= 0.3 is 21.4 Å². The van der Waals surface area contributed by atoms with E-state index in [-0.39, 0.29) is 12.5 Å². The van der Waals surface area contributed by atoms with E-state index in [9.17, 15) is 4.79 Å². The average Bonchev–Trinajstić information content (AvgIpc) is 3.24. The molecule has 0 bridgehead atoms. The Hall–Kier alpha value is -1.07. The fourth-order valence-corrected chi connectivity index (χ4v) is 5.23. The van der Waals surface area contributed by atoms with E-state index in [0.717, 1.165) is 0 Å². The zero-order valence-corrected chi connectivity index (χ0v) is 26.9. The van der Waals surface area contributed by atoms with Gasteiger partial charge in [0.25, 0.3) is 5.91 Å². The Kier molecular flexibility index (Phi) is 8.19. The highest BCUT2D eigenvalue weighted by molar-refractivity contribution is 6.71. The number of carbonyl (C=O) groups excluding carboxylic acids is 1. The Morgan fingerprint density at radius 1 is 0.700 bits per heavy atom. The lowest BCUT2D eigenvalue weighted by Gasteiger charge is -2.32. The van der Waals surface area contributed by atoms with Crippen LogP contribution in [0.5, 0.6) is 0 Å². The highest BCUT2D eigenvalue weighted by atomic mass is 35.5. The predicted molar refractivity (Wildman–Crippen MR) is 160 cm³/mol. The predicted octanol–water partition coefficient (Wildman–Crippen LogP) is 5.63. The standard InChI is InChI=1S/C28H45B3ClNO7/c1-23(2)24(3,4)36-29(35-23)20(17-33-22(34)18-14-13-15-19(32)16-18)21(30-37-25(5,6)26(7,8)38-30)31-39-27(9,10)28(11,12)40-31/h13-16,20-21H,17H2,1-12H3,(H,33,34). The van der Waals surface area contributed by atoms with Crippen molar-refractivity contribution in [3.8, 4) is 0 Å². The molecule has 3 fully saturated rings. The summed E-state index contributed by atoms with van der Waals surface area (Å²) in [4.78, 5) is 13.3. The maximum atomic E-state index is 13.3. The van der Waals surface area contributed by atoms with Gasteiger partial charge in [-0.2, -0.15) is 0 Å². The molecule has 1 unspecified atom stereocenters. The molecule has 3 heterocycles. The molecular formula is C28H45B3ClNO7. The zero-order chi connectivity index (χ0) is 30.1. The fraction of sp³-hybridized carbons (Fsp3) is 0.750. The van der Waals surface area contributed by atoms with Gasteiger partial charge in [-0.3, -0.25) is 4.79 Å². The van der Waals surface area contributed by atoms with Gasteiger partial charge in [-0.25, -0.2) is 0 Å². The molecule has 3 aliphatic heterocycles. The van der Waals surface area contributed by atoms with Crippen molar-refractivity contribution in [3.05, 3.63) is 34.9 Å². The Balaban J connectivity index is 1.74. The van der Waals surface area contributed by atoms with Crippen LogP contribution >= 0.6 is 11.6 Å². The van der Waals surface area contributed by atoms with Gasteiger partial charge in [0.05, 0.1) is 33.6 Å². The summed E-state index contributed by atoms with van der Waals surface area (Å²) < 4.78 is 39.6. The smallest absolute Gasteiger partial charge is 0.403 e. The van der Waals surface area contributed by atoms with Crippen molar-refractivity contribution in [1.29, 1.82) is 0 Å². The molecule has 0 radical (unpaired) electrons. The Labute approximate surface area is 246 Å². The fourth-order valence-electron chi connectivity index (χ4n) is 5.04. The van der Waals surface area contributed by atoms with Crippen molar-refractivity contribution in [1.82, 2.24) is 5.32 Å². The van der Waals surface area contributed by atoms with Crippen molar-refractivity contribution in [2.45, 2.75) is 128 Å². The van der Waals surface area contributed by atoms with Gasteiger partial charge in [0.2, 0.25) is 0 Å². The Morgan fingerprint density at radius 3 is 1.45 bits per heavy atom. The molecule has 1 atom stereocenters. The molecule has 0 spiro atoms. The lowest BCUT2D eigenvalue weighted by Crippen LogP contribution is -2.49. The third-order valence-corrected chi connectivity index (χ3v) is 10.1. The minimum Gasteiger partial charge on any atom is -0.403 e. The molecule has 40 heavy (non-hydrogen) atoms. The second-order valence-electron chi connectivity index (χ2n) is 14.3. The first-order valence-corrected chi connectivity index (χ1v) is 14.6. The number of carbonyl (C=O) groups is 1. The van der Waals surface area contributed by atoms with E-state index < -0.39 is 66.5 Å². The number of halogens is 1. The lowest BCUT2D eigenvalue weighted by atomic mass is 9.40. The summed E-state index contributed by atoms with van der Waals surface area (Å²) in [6.07, 6.45) is 0. The first-order valence-electron chi connectivity index (χ1n) is 14.2. The molecule has 3 aliphatic rings. The molecule has 3 saturated heterocycles. The average molecular weight is 576 g/mol. The normalized spacial score (nSPS) is 26.4. The quantitative estimate of drug-likeness (QED) is 0.422. The molecule has 0 saturated carbocycles. The first kappa shape index (κ1) is 31.9. The van der Waals surface area contributed by atoms with Crippen molar-refractivity contribution in [2.75, 3.05) is 6.54 Å². The molecule has 0 aromatic heterocycles. The highest BCUT2D eigenvalue weighted by Crippen LogP contribution is 2.52. The summed E-state index contributed by atoms with van der Waals surface area (Å²) in [5.41, 5.74) is -3.62. The van der Waals surface area contributed by atoms with Crippen molar-refractivity contribution >= 4 is 38.9 Å². The molecule has 1 amide bonds. The van der Waals surface area contributed by atoms with E-state index in [2.05, 4.69) is 5.32 Å². The number of hydrogen-bond acceptors (Lipinski definition) is 7. The van der Waals surface area contributed by atoms with E-state index in [1.54, 1.807) is 24.3 Å². The molecule has 8 nitrogen and oxygen atoms in total. The van der Waals surface area contributed by atoms with E-state index in [0.29, 0.717) is 10.6 Å². The second-order valence-corrected chi connectivity index (χ2v) is 14.8. The molecule has 1 aromatic rings. The molecule has 1 aromatic carbocycles. The highest BCUT2D eigenvalue weighted by Gasteiger charge is 2.67. The van der Waals surface area contributed by atoms with Crippen molar-refractivity contribution in [3.63, 3.8) is 0 Å². The summed E-state index contributed by atoms with van der Waals surface area (Å²) in [5, 5.41) is 3.58. The molecular weight excluding hydrogens is 530 g/mol. The summed E-state index contributed by atoms with van der Waals surface area (Å²) in [6.45, 7) is 24.3. The number of rotatable bonds is 7. The molecule has 220 valence electrons. The van der Waals surface area contributed by atoms with Gasteiger partial charge in [-0.1, -0.05) is 17.7 Å². The number of amides is 1. The largest absolute Gasteiger partial charge is 0.462 e. The van der Waals surface area contributed by atoms with Crippen molar-refractivity contribution < 1.29 is 32.7 Å². The van der Waals surface area contributed by atoms with Crippen LogP contribution in [-0.4, -0.2) is 67.4 Å². The monoisotopic (exact) mass is 575 g/mol. The topological polar surface area (TPSA) is 84.5 Å². The second kappa shape index (κ2) is 10.3. The van der Waals surface area contributed by atoms with Gasteiger partial charge in [-0.05, 0) is 101 Å². The van der Waals surface area contributed by atoms with Crippen LogP contribution < -0.4 is 5.32 Å². The van der Waals surface area contributed by atoms with Crippen LogP contribution in [0.25, 0.3) is 0 Å². The summed E-state index contributed by atoms with van der Waals surface area (Å²) >= 11 is 6.16. The van der Waals surface area contributed by atoms with Crippen molar-refractivity contribution in [2.24, 2.45) is 0 Å². The Bertz CT molecular complexity index is 1040. The number of nitrogens with one attached hydrogen (secondary N) is 1. The first-order chi connectivity index (χ1) is 18.1. The van der Waals surface area contributed by atoms with Crippen LogP contribution in [0.2, 0.25) is 16.6 Å². The number of benzene rings is 1. The van der Waals surface area contributed by atoms with Crippen LogP contribution in [0.4, 0.5) is 0 Å². The van der Waals surface area contributed by atoms with Gasteiger partial charge in [-0.15, -0.1) is 0 Å². The van der Waals surface area contributed by atoms with Crippen LogP contribution in [0, 0.1) is 0 Å². The van der Waals surface area contributed by atoms with E-state index in [1.807, 2.05) is 83.1 Å². The lowest BCUT2D eigenvalue weighted by molar-refractivity contribution is 0.00578. The molecule has 12 heteroatoms. The molecule has 0 aliphatic carbocycles. The van der Waals surface area contributed by atoms with Crippen LogP contribution in [0.3, 0.4) is 0 Å². The summed E-state index contributed by atoms with van der Waals surface area (Å²) in [6, 6.07) is 6.85. The third kappa shape index (κ3) is 5.77. The SMILES string of the molecule is CC1(C)OB(C(CNC(=O)c2cccc(Cl)c2)C(B2OC(C)(C)C(C)(C)O2)B2OC(C)(C)C(C)(C)O2)OC1(C)C. The van der Waals surface area contributed by atoms with E-state index >= 15 is 0 Å². The third-order valence-electron chi connectivity index (χ3n) is 9.87. The number of hydrogen-bond donors (Lipinski definition) is 1. The Morgan fingerprint density at radius 2 is 1.07 bits per heavy atom. The van der Waals surface area contributed by atoms with E-state index in [4.69, 9.17) is 39.5 Å². The summed E-state index contributed by atoms with van der Waals surface area (Å²) in [7, 11) is -2.13. The zero-order valence-electron chi connectivity index (χ0n) is 26.1. The van der Waals surface area contributed by atoms with Crippen LogP contribution in [0.1, 0.15) is 93.4 Å². The van der Waals surface area contributed by atoms with Crippen LogP contribution in [-0.2, 0) is 27.9 Å². The van der Waals surface area contributed by atoms with Gasteiger partial charge in [0.15, 0.2) is 0 Å². The van der Waals surface area contributed by atoms with E-state index in [1.165, 1.54) is 0 Å². The maximum Gasteiger partial charge on any atom is 0.462 e. The minimum absolute atomic E-state index is 0.195.